The van der Waals surface area contributed by atoms with E-state index in [0.29, 0.717) is 0 Å². The van der Waals surface area contributed by atoms with Gasteiger partial charge in [0.05, 0.1) is 51.8 Å². The molecule has 2 aromatic carbocycles. The Bertz CT molecular complexity index is 2110. The lowest BCUT2D eigenvalue weighted by molar-refractivity contribution is 0.0991. The van der Waals surface area contributed by atoms with Crippen LogP contribution in [0.15, 0.2) is 46.2 Å². The van der Waals surface area contributed by atoms with Gasteiger partial charge in [0, 0.05) is 37.6 Å². The zero-order valence-electron chi connectivity index (χ0n) is 32.5. The van der Waals surface area contributed by atoms with Gasteiger partial charge >= 0.3 is 0 Å². The monoisotopic (exact) mass is 880 g/mol. The van der Waals surface area contributed by atoms with E-state index in [2.05, 4.69) is 61.8 Å². The predicted octanol–water partition coefficient (Wildman–Crippen LogP) is 0.635. The first-order valence-corrected chi connectivity index (χ1v) is 21.1. The molecular weight excluding hydrogens is 833 g/mol. The highest BCUT2D eigenvalue weighted by atomic mass is 32.2. The number of hydrogen-bond acceptors (Lipinski definition) is 22. The zero-order valence-corrected chi connectivity index (χ0v) is 34.1. The fourth-order valence-electron chi connectivity index (χ4n) is 4.85. The number of anilines is 8. The summed E-state index contributed by atoms with van der Waals surface area (Å²) in [6.45, 7) is 4.26. The molecule has 4 rings (SSSR count). The molecule has 60 heavy (non-hydrogen) atoms. The van der Waals surface area contributed by atoms with E-state index in [-0.39, 0.29) is 124 Å². The lowest BCUT2D eigenvalue weighted by Crippen LogP contribution is -2.19. The van der Waals surface area contributed by atoms with E-state index in [1.54, 1.807) is 13.8 Å². The van der Waals surface area contributed by atoms with E-state index < -0.39 is 42.2 Å². The molecule has 26 heteroatoms. The van der Waals surface area contributed by atoms with Crippen molar-refractivity contribution in [3.8, 4) is 0 Å². The number of nitrogens with zero attached hydrogens (tertiary/aromatic N) is 6. The van der Waals surface area contributed by atoms with Gasteiger partial charge in [-0.1, -0.05) is 24.3 Å². The van der Waals surface area contributed by atoms with Crippen molar-refractivity contribution in [1.29, 1.82) is 0 Å². The zero-order chi connectivity index (χ0) is 43.7. The Balaban J connectivity index is 1.60. The Kier molecular flexibility index (Phi) is 18.0. The molecule has 24 nitrogen and oxygen atoms in total. The summed E-state index contributed by atoms with van der Waals surface area (Å²) in [4.78, 5) is 24.4. The van der Waals surface area contributed by atoms with Gasteiger partial charge in [-0.05, 0) is 49.2 Å². The normalized spacial score (nSPS) is 12.9. The molecule has 0 amide bonds. The highest BCUT2D eigenvalue weighted by Gasteiger charge is 2.19. The van der Waals surface area contributed by atoms with Gasteiger partial charge < -0.3 is 61.8 Å². The van der Waals surface area contributed by atoms with Crippen LogP contribution in [-0.4, -0.2) is 154 Å². The summed E-state index contributed by atoms with van der Waals surface area (Å²) < 4.78 is 81.1. The van der Waals surface area contributed by atoms with Crippen molar-refractivity contribution >= 4 is 79.5 Å². The lowest BCUT2D eigenvalue weighted by Gasteiger charge is -2.13. The van der Waals surface area contributed by atoms with E-state index in [0.717, 1.165) is 12.1 Å². The minimum absolute atomic E-state index is 0.0475. The number of nitrogens with one attached hydrogen (secondary N) is 6. The second-order valence-corrected chi connectivity index (χ2v) is 15.4. The van der Waals surface area contributed by atoms with Gasteiger partial charge in [-0.3, -0.25) is 9.11 Å². The summed E-state index contributed by atoms with van der Waals surface area (Å²) in [7, 11) is -9.76. The van der Waals surface area contributed by atoms with Gasteiger partial charge in [-0.25, -0.2) is 0 Å². The molecule has 12 N–H and O–H groups in total. The Labute approximate surface area is 345 Å². The van der Waals surface area contributed by atoms with Gasteiger partial charge in [0.15, 0.2) is 0 Å². The highest BCUT2D eigenvalue weighted by molar-refractivity contribution is 7.86. The molecule has 2 unspecified atom stereocenters. The van der Waals surface area contributed by atoms with E-state index in [1.165, 1.54) is 36.4 Å². The number of rotatable bonds is 26. The summed E-state index contributed by atoms with van der Waals surface area (Å²) in [5.41, 5.74) is 0.121. The first-order chi connectivity index (χ1) is 28.5. The van der Waals surface area contributed by atoms with Gasteiger partial charge in [0.1, 0.15) is 9.79 Å². The SMILES string of the molecule is CC(O)CNc1nc(NCCOCCO)nc(Nc2ccc(/C=C/c3ccc(Nc4nc(NCCOCCO)nc(NCC(C)O)n4)cc3S(=O)(=O)O)c(S(=O)(=O)O)c2)n1. The van der Waals surface area contributed by atoms with Crippen molar-refractivity contribution in [3.05, 3.63) is 47.5 Å². The van der Waals surface area contributed by atoms with Gasteiger partial charge in [-0.15, -0.1) is 0 Å². The summed E-state index contributed by atoms with van der Waals surface area (Å²) in [6, 6.07) is 7.72. The Hall–Kier alpha value is -5.42. The maximum atomic E-state index is 12.6. The predicted molar refractivity (Wildman–Crippen MR) is 221 cm³/mol. The number of aromatic nitrogens is 6. The Morgan fingerprint density at radius 1 is 0.567 bits per heavy atom. The van der Waals surface area contributed by atoms with E-state index in [9.17, 15) is 36.2 Å². The van der Waals surface area contributed by atoms with Crippen LogP contribution in [0.3, 0.4) is 0 Å². The number of benzene rings is 2. The van der Waals surface area contributed by atoms with Crippen LogP contribution in [0, 0.1) is 0 Å². The quantitative estimate of drug-likeness (QED) is 0.0234. The van der Waals surface area contributed by atoms with Crippen LogP contribution in [-0.2, 0) is 29.7 Å². The summed E-state index contributed by atoms with van der Waals surface area (Å²) >= 11 is 0. The van der Waals surface area contributed by atoms with Crippen molar-refractivity contribution in [2.24, 2.45) is 0 Å². The third kappa shape index (κ3) is 16.0. The minimum Gasteiger partial charge on any atom is -0.394 e. The first kappa shape index (κ1) is 47.3. The minimum atomic E-state index is -4.88. The summed E-state index contributed by atoms with van der Waals surface area (Å²) in [5.74, 6) is 0.236. The van der Waals surface area contributed by atoms with Crippen LogP contribution < -0.4 is 31.9 Å². The molecule has 0 spiro atoms. The number of hydrogen-bond donors (Lipinski definition) is 12. The molecule has 2 atom stereocenters. The first-order valence-electron chi connectivity index (χ1n) is 18.2. The van der Waals surface area contributed by atoms with Crippen molar-refractivity contribution < 1.29 is 55.8 Å². The molecule has 0 saturated carbocycles. The molecule has 0 aliphatic carbocycles. The summed E-state index contributed by atoms with van der Waals surface area (Å²) in [5, 5.41) is 54.5. The van der Waals surface area contributed by atoms with Crippen LogP contribution in [0.25, 0.3) is 12.2 Å². The molecule has 0 radical (unpaired) electrons. The number of aliphatic hydroxyl groups excluding tert-OH is 4. The van der Waals surface area contributed by atoms with Crippen molar-refractivity contribution in [1.82, 2.24) is 29.9 Å². The Morgan fingerprint density at radius 2 is 0.917 bits per heavy atom. The smallest absolute Gasteiger partial charge is 0.295 e. The standard InChI is InChI=1S/C34H48N12O12S2/c1-21(49)19-37-31-41-29(35-9-13-57-15-11-47)43-33(45-31)39-25-7-5-23(27(17-25)59(51,52)53)3-4-24-6-8-26(18-28(24)60(54,55)56)40-34-44-30(36-10-14-58-16-12-48)42-32(46-34)38-20-22(2)50/h3-8,17-18,21-22,47-50H,9-16,19-20H2,1-2H3,(H,51,52,53)(H,54,55,56)(H3,35,37,39,41,43,45)(H3,36,38,40,42,44,46)/b4-3+. The molecule has 4 aromatic rings. The molecule has 0 bridgehead atoms. The van der Waals surface area contributed by atoms with Crippen LogP contribution in [0.5, 0.6) is 0 Å². The Morgan fingerprint density at radius 3 is 1.25 bits per heavy atom. The van der Waals surface area contributed by atoms with Crippen LogP contribution in [0.1, 0.15) is 25.0 Å². The average molecular weight is 881 g/mol. The number of aliphatic hydroxyl groups is 4. The fourth-order valence-corrected chi connectivity index (χ4v) is 6.26. The van der Waals surface area contributed by atoms with Crippen LogP contribution >= 0.6 is 0 Å². The molecule has 0 fully saturated rings. The van der Waals surface area contributed by atoms with Gasteiger partial charge in [-0.2, -0.15) is 46.7 Å². The third-order valence-corrected chi connectivity index (χ3v) is 9.27. The average Bonchev–Trinajstić information content (AvgIpc) is 3.18. The van der Waals surface area contributed by atoms with E-state index in [1.807, 2.05) is 0 Å². The fraction of sp³-hybridized carbons (Fsp3) is 0.412. The number of ether oxygens (including phenoxy) is 2. The van der Waals surface area contributed by atoms with Gasteiger partial charge in [0.25, 0.3) is 20.2 Å². The summed E-state index contributed by atoms with van der Waals surface area (Å²) in [6.07, 6.45) is 0.963. The highest BCUT2D eigenvalue weighted by Crippen LogP contribution is 2.28. The van der Waals surface area contributed by atoms with E-state index >= 15 is 0 Å². The maximum Gasteiger partial charge on any atom is 0.295 e. The molecular formula is C34H48N12O12S2. The molecule has 0 aliphatic rings. The second-order valence-electron chi connectivity index (χ2n) is 12.6. The maximum absolute atomic E-state index is 12.6. The van der Waals surface area contributed by atoms with Crippen LogP contribution in [0.4, 0.5) is 47.1 Å². The largest absolute Gasteiger partial charge is 0.394 e. The second kappa shape index (κ2) is 22.8. The molecule has 2 heterocycles. The topological polar surface area (TPSA) is 358 Å². The molecule has 328 valence electrons. The molecule has 0 saturated heterocycles. The van der Waals surface area contributed by atoms with E-state index in [4.69, 9.17) is 19.7 Å². The molecule has 0 aliphatic heterocycles. The van der Waals surface area contributed by atoms with Gasteiger partial charge in [0.2, 0.25) is 35.7 Å². The van der Waals surface area contributed by atoms with Crippen molar-refractivity contribution in [2.75, 3.05) is 97.7 Å². The van der Waals surface area contributed by atoms with Crippen molar-refractivity contribution in [3.63, 3.8) is 0 Å². The third-order valence-electron chi connectivity index (χ3n) is 7.45. The van der Waals surface area contributed by atoms with Crippen molar-refractivity contribution in [2.45, 2.75) is 35.8 Å². The molecule has 2 aromatic heterocycles. The van der Waals surface area contributed by atoms with Crippen LogP contribution in [0.2, 0.25) is 0 Å². The lowest BCUT2D eigenvalue weighted by atomic mass is 10.1.